The number of aromatic nitrogens is 2. The third-order valence-electron chi connectivity index (χ3n) is 6.77. The number of thiophene rings is 1. The zero-order valence-corrected chi connectivity index (χ0v) is 18.5. The van der Waals surface area contributed by atoms with E-state index < -0.39 is 0 Å². The molecule has 2 aliphatic heterocycles. The van der Waals surface area contributed by atoms with Crippen LogP contribution in [0.5, 0.6) is 0 Å². The van der Waals surface area contributed by atoms with Crippen molar-refractivity contribution in [2.24, 2.45) is 5.41 Å². The fourth-order valence-corrected chi connectivity index (χ4v) is 7.35. The van der Waals surface area contributed by atoms with Crippen LogP contribution in [0.3, 0.4) is 0 Å². The second-order valence-electron chi connectivity index (χ2n) is 8.86. The molecule has 1 saturated carbocycles. The van der Waals surface area contributed by atoms with Crippen LogP contribution in [0.1, 0.15) is 36.1 Å². The second-order valence-corrected chi connectivity index (χ2v) is 11.0. The maximum Gasteiger partial charge on any atom is 0.226 e. The zero-order chi connectivity index (χ0) is 20.1. The van der Waals surface area contributed by atoms with Gasteiger partial charge in [0.25, 0.3) is 0 Å². The summed E-state index contributed by atoms with van der Waals surface area (Å²) >= 11 is 3.39. The average molecular weight is 440 g/mol. The summed E-state index contributed by atoms with van der Waals surface area (Å²) in [5.74, 6) is 0.111. The Morgan fingerprint density at radius 1 is 1.30 bits per heavy atom. The van der Waals surface area contributed by atoms with E-state index in [0.717, 1.165) is 51.8 Å². The van der Waals surface area contributed by atoms with E-state index >= 15 is 0 Å². The highest BCUT2D eigenvalue weighted by molar-refractivity contribution is 7.22. The number of hydrogen-bond donors (Lipinski definition) is 2. The van der Waals surface area contributed by atoms with Gasteiger partial charge in [-0.05, 0) is 42.9 Å². The van der Waals surface area contributed by atoms with Gasteiger partial charge in [0.2, 0.25) is 5.91 Å². The first-order valence-corrected chi connectivity index (χ1v) is 12.4. The molecule has 0 radical (unpaired) electrons. The number of rotatable bonds is 5. The first-order valence-electron chi connectivity index (χ1n) is 10.8. The summed E-state index contributed by atoms with van der Waals surface area (Å²) in [5.41, 5.74) is 4.01. The predicted molar refractivity (Wildman–Crippen MR) is 122 cm³/mol. The number of nitrogens with one attached hydrogen (secondary N) is 2. The molecule has 156 valence electrons. The standard InChI is InChI=1S/C22H25N5OS2/c28-18(4-9-27-12-22(13-27)5-1-6-22)26-21-19(14-2-7-24-11-17(14)30-21)20-25-15-10-23-8-3-16(15)29-20/h3,8,10,24H,1-2,4-7,9,11-13H2,(H,26,28). The summed E-state index contributed by atoms with van der Waals surface area (Å²) in [6.07, 6.45) is 9.30. The number of amides is 1. The van der Waals surface area contributed by atoms with Crippen molar-refractivity contribution < 1.29 is 4.79 Å². The summed E-state index contributed by atoms with van der Waals surface area (Å²) in [5, 5.41) is 8.64. The van der Waals surface area contributed by atoms with Gasteiger partial charge in [-0.2, -0.15) is 0 Å². The van der Waals surface area contributed by atoms with Crippen LogP contribution in [0.4, 0.5) is 5.00 Å². The molecule has 6 nitrogen and oxygen atoms in total. The lowest BCUT2D eigenvalue weighted by Gasteiger charge is -2.56. The molecular weight excluding hydrogens is 414 g/mol. The molecule has 0 bridgehead atoms. The monoisotopic (exact) mass is 439 g/mol. The largest absolute Gasteiger partial charge is 0.317 e. The summed E-state index contributed by atoms with van der Waals surface area (Å²) in [7, 11) is 0. The van der Waals surface area contributed by atoms with E-state index in [4.69, 9.17) is 4.98 Å². The van der Waals surface area contributed by atoms with Crippen molar-refractivity contribution in [1.29, 1.82) is 0 Å². The van der Waals surface area contributed by atoms with Gasteiger partial charge < -0.3 is 15.5 Å². The molecule has 2 fully saturated rings. The van der Waals surface area contributed by atoms with Crippen LogP contribution >= 0.6 is 22.7 Å². The second kappa shape index (κ2) is 7.37. The highest BCUT2D eigenvalue weighted by Gasteiger charge is 2.46. The molecule has 1 aliphatic carbocycles. The number of carbonyl (C=O) groups is 1. The maximum absolute atomic E-state index is 12.8. The number of hydrogen-bond acceptors (Lipinski definition) is 7. The van der Waals surface area contributed by atoms with E-state index in [1.165, 1.54) is 42.8 Å². The Morgan fingerprint density at radius 2 is 2.20 bits per heavy atom. The van der Waals surface area contributed by atoms with Crippen molar-refractivity contribution in [3.05, 3.63) is 28.9 Å². The summed E-state index contributed by atoms with van der Waals surface area (Å²) in [6.45, 7) is 5.06. The Labute approximate surface area is 183 Å². The fourth-order valence-electron chi connectivity index (χ4n) is 5.04. The number of fused-ring (bicyclic) bond motifs is 2. The molecule has 3 aliphatic rings. The topological polar surface area (TPSA) is 70.2 Å². The van der Waals surface area contributed by atoms with E-state index in [0.29, 0.717) is 11.8 Å². The molecule has 0 aromatic carbocycles. The smallest absolute Gasteiger partial charge is 0.226 e. The predicted octanol–water partition coefficient (Wildman–Crippen LogP) is 3.88. The van der Waals surface area contributed by atoms with Gasteiger partial charge in [0.15, 0.2) is 0 Å². The van der Waals surface area contributed by atoms with E-state index in [1.807, 2.05) is 18.5 Å². The van der Waals surface area contributed by atoms with Gasteiger partial charge >= 0.3 is 0 Å². The van der Waals surface area contributed by atoms with Crippen molar-refractivity contribution in [1.82, 2.24) is 20.2 Å². The van der Waals surface area contributed by atoms with Crippen LogP contribution in [0.25, 0.3) is 20.8 Å². The van der Waals surface area contributed by atoms with Gasteiger partial charge in [-0.15, -0.1) is 22.7 Å². The maximum atomic E-state index is 12.8. The van der Waals surface area contributed by atoms with Crippen molar-refractivity contribution in [2.45, 2.75) is 38.6 Å². The summed E-state index contributed by atoms with van der Waals surface area (Å²) < 4.78 is 1.13. The van der Waals surface area contributed by atoms with Gasteiger partial charge in [-0.1, -0.05) is 6.42 Å². The number of thiazole rings is 1. The quantitative estimate of drug-likeness (QED) is 0.631. The first kappa shape index (κ1) is 18.9. The molecule has 3 aromatic heterocycles. The molecule has 0 atom stereocenters. The van der Waals surface area contributed by atoms with Gasteiger partial charge in [0, 0.05) is 49.2 Å². The highest BCUT2D eigenvalue weighted by Crippen LogP contribution is 2.48. The summed E-state index contributed by atoms with van der Waals surface area (Å²) in [4.78, 5) is 25.6. The average Bonchev–Trinajstić information content (AvgIpc) is 3.25. The van der Waals surface area contributed by atoms with Gasteiger partial charge in [-0.25, -0.2) is 4.98 Å². The van der Waals surface area contributed by atoms with Crippen molar-refractivity contribution in [2.75, 3.05) is 31.5 Å². The molecule has 3 aromatic rings. The van der Waals surface area contributed by atoms with E-state index in [2.05, 4.69) is 20.5 Å². The van der Waals surface area contributed by atoms with Gasteiger partial charge in [-0.3, -0.25) is 9.78 Å². The van der Waals surface area contributed by atoms with Crippen LogP contribution in [0.15, 0.2) is 18.5 Å². The molecule has 0 unspecified atom stereocenters. The molecule has 1 spiro atoms. The van der Waals surface area contributed by atoms with Gasteiger partial charge in [0.05, 0.1) is 10.9 Å². The first-order chi connectivity index (χ1) is 14.7. The number of anilines is 1. The Morgan fingerprint density at radius 3 is 3.00 bits per heavy atom. The SMILES string of the molecule is O=C(CCN1CC2(CCC2)C1)Nc1sc2c(c1-c1nc3cnccc3s1)CCNC2. The number of pyridine rings is 1. The van der Waals surface area contributed by atoms with E-state index in [-0.39, 0.29) is 5.91 Å². The van der Waals surface area contributed by atoms with E-state index in [9.17, 15) is 4.79 Å². The van der Waals surface area contributed by atoms with Crippen LogP contribution < -0.4 is 10.6 Å². The number of likely N-dealkylation sites (tertiary alicyclic amines) is 1. The Balaban J connectivity index is 1.22. The molecule has 30 heavy (non-hydrogen) atoms. The molecule has 5 heterocycles. The third kappa shape index (κ3) is 3.26. The lowest BCUT2D eigenvalue weighted by atomic mass is 9.63. The van der Waals surface area contributed by atoms with Crippen LogP contribution in [0.2, 0.25) is 0 Å². The minimum absolute atomic E-state index is 0.111. The van der Waals surface area contributed by atoms with Crippen LogP contribution in [-0.4, -0.2) is 47.0 Å². The number of carbonyl (C=O) groups excluding carboxylic acids is 1. The number of nitrogens with zero attached hydrogens (tertiary/aromatic N) is 3. The van der Waals surface area contributed by atoms with Crippen molar-refractivity contribution >= 4 is 43.8 Å². The zero-order valence-electron chi connectivity index (χ0n) is 16.9. The lowest BCUT2D eigenvalue weighted by Crippen LogP contribution is -2.59. The minimum Gasteiger partial charge on any atom is -0.317 e. The molecule has 6 rings (SSSR count). The van der Waals surface area contributed by atoms with Crippen molar-refractivity contribution in [3.63, 3.8) is 0 Å². The highest BCUT2D eigenvalue weighted by atomic mass is 32.1. The summed E-state index contributed by atoms with van der Waals surface area (Å²) in [6, 6.07) is 2.01. The molecule has 1 amide bonds. The normalized spacial score (nSPS) is 20.0. The molecule has 1 saturated heterocycles. The fraction of sp³-hybridized carbons (Fsp3) is 0.500. The molecule has 2 N–H and O–H groups in total. The van der Waals surface area contributed by atoms with E-state index in [1.54, 1.807) is 22.7 Å². The Hall–Kier alpha value is -1.87. The van der Waals surface area contributed by atoms with Crippen LogP contribution in [-0.2, 0) is 17.8 Å². The molecular formula is C22H25N5OS2. The van der Waals surface area contributed by atoms with Crippen molar-refractivity contribution in [3.8, 4) is 10.6 Å². The lowest BCUT2D eigenvalue weighted by molar-refractivity contribution is -0.118. The Bertz CT molecular complexity index is 1080. The molecule has 8 heteroatoms. The third-order valence-corrected chi connectivity index (χ3v) is 8.97. The van der Waals surface area contributed by atoms with Crippen LogP contribution in [0, 0.1) is 5.41 Å². The minimum atomic E-state index is 0.111. The van der Waals surface area contributed by atoms with Gasteiger partial charge in [0.1, 0.15) is 15.5 Å². The Kier molecular flexibility index (Phi) is 4.63.